The second-order valence-corrected chi connectivity index (χ2v) is 6.09. The van der Waals surface area contributed by atoms with Gasteiger partial charge in [0.2, 0.25) is 0 Å². The largest absolute Gasteiger partial charge is 0.316 e. The molecule has 0 saturated heterocycles. The summed E-state index contributed by atoms with van der Waals surface area (Å²) in [5, 5.41) is 3.44. The highest BCUT2D eigenvalue weighted by atomic mass is 19.1. The van der Waals surface area contributed by atoms with Gasteiger partial charge in [0.25, 0.3) is 0 Å². The molecule has 0 aliphatic heterocycles. The van der Waals surface area contributed by atoms with Crippen LogP contribution in [0.3, 0.4) is 0 Å². The van der Waals surface area contributed by atoms with Gasteiger partial charge in [-0.25, -0.2) is 4.39 Å². The molecule has 1 aliphatic rings. The van der Waals surface area contributed by atoms with E-state index < -0.39 is 0 Å². The van der Waals surface area contributed by atoms with Crippen LogP contribution < -0.4 is 5.32 Å². The molecule has 1 nitrogen and oxygen atoms in total. The Labute approximate surface area is 126 Å². The van der Waals surface area contributed by atoms with Crippen molar-refractivity contribution in [1.29, 1.82) is 0 Å². The van der Waals surface area contributed by atoms with Gasteiger partial charge in [-0.1, -0.05) is 36.4 Å². The molecule has 3 unspecified atom stereocenters. The van der Waals surface area contributed by atoms with Gasteiger partial charge in [0, 0.05) is 6.04 Å². The number of halogens is 1. The van der Waals surface area contributed by atoms with Crippen LogP contribution in [-0.2, 0) is 6.42 Å². The van der Waals surface area contributed by atoms with E-state index in [0.717, 1.165) is 12.0 Å². The van der Waals surface area contributed by atoms with Gasteiger partial charge in [-0.15, -0.1) is 0 Å². The van der Waals surface area contributed by atoms with Crippen molar-refractivity contribution >= 4 is 0 Å². The van der Waals surface area contributed by atoms with Crippen LogP contribution in [0.4, 0.5) is 4.39 Å². The fourth-order valence-electron chi connectivity index (χ4n) is 3.31. The van der Waals surface area contributed by atoms with Crippen molar-refractivity contribution in [3.05, 3.63) is 71.0 Å². The summed E-state index contributed by atoms with van der Waals surface area (Å²) in [4.78, 5) is 0. The minimum Gasteiger partial charge on any atom is -0.316 e. The fourth-order valence-corrected chi connectivity index (χ4v) is 3.31. The smallest absolute Gasteiger partial charge is 0.123 e. The molecule has 21 heavy (non-hydrogen) atoms. The van der Waals surface area contributed by atoms with Crippen molar-refractivity contribution in [3.63, 3.8) is 0 Å². The number of nitrogens with one attached hydrogen (secondary N) is 1. The quantitative estimate of drug-likeness (QED) is 0.872. The topological polar surface area (TPSA) is 12.0 Å². The number of rotatable bonds is 5. The van der Waals surface area contributed by atoms with Crippen LogP contribution >= 0.6 is 0 Å². The van der Waals surface area contributed by atoms with Crippen LogP contribution in [-0.4, -0.2) is 13.1 Å². The SMILES string of the molecule is CNC(Cc1cc(F)ccc1C)C1CC1c1ccccc1. The third-order valence-electron chi connectivity index (χ3n) is 4.71. The molecule has 0 aromatic heterocycles. The van der Waals surface area contributed by atoms with E-state index in [1.54, 1.807) is 6.07 Å². The molecule has 110 valence electrons. The first kappa shape index (κ1) is 14.3. The molecule has 1 saturated carbocycles. The monoisotopic (exact) mass is 283 g/mol. The third kappa shape index (κ3) is 3.16. The number of hydrogen-bond donors (Lipinski definition) is 1. The van der Waals surface area contributed by atoms with Gasteiger partial charge in [0.1, 0.15) is 5.82 Å². The van der Waals surface area contributed by atoms with Crippen molar-refractivity contribution in [2.75, 3.05) is 7.05 Å². The highest BCUT2D eigenvalue weighted by Gasteiger charge is 2.43. The molecule has 1 fully saturated rings. The van der Waals surface area contributed by atoms with Gasteiger partial charge >= 0.3 is 0 Å². The first-order valence-electron chi connectivity index (χ1n) is 7.66. The highest BCUT2D eigenvalue weighted by molar-refractivity contribution is 5.30. The Morgan fingerprint density at radius 2 is 1.95 bits per heavy atom. The standard InChI is InChI=1S/C19H22FN/c1-13-8-9-16(20)10-15(13)11-19(21-2)18-12-17(18)14-6-4-3-5-7-14/h3-10,17-19,21H,11-12H2,1-2H3. The Morgan fingerprint density at radius 1 is 1.19 bits per heavy atom. The molecule has 0 bridgehead atoms. The number of aryl methyl sites for hydroxylation is 1. The number of likely N-dealkylation sites (N-methyl/N-ethyl adjacent to an activating group) is 1. The van der Waals surface area contributed by atoms with E-state index in [9.17, 15) is 4.39 Å². The van der Waals surface area contributed by atoms with E-state index in [4.69, 9.17) is 0 Å². The van der Waals surface area contributed by atoms with Gasteiger partial charge < -0.3 is 5.32 Å². The summed E-state index contributed by atoms with van der Waals surface area (Å²) in [7, 11) is 2.01. The van der Waals surface area contributed by atoms with Crippen LogP contribution in [0.2, 0.25) is 0 Å². The van der Waals surface area contributed by atoms with Crippen LogP contribution in [0.5, 0.6) is 0 Å². The zero-order chi connectivity index (χ0) is 14.8. The van der Waals surface area contributed by atoms with E-state index in [0.29, 0.717) is 17.9 Å². The maximum atomic E-state index is 13.4. The predicted octanol–water partition coefficient (Wildman–Crippen LogP) is 4.07. The molecule has 2 aromatic rings. The molecule has 3 rings (SSSR count). The maximum Gasteiger partial charge on any atom is 0.123 e. The zero-order valence-electron chi connectivity index (χ0n) is 12.6. The van der Waals surface area contributed by atoms with E-state index in [1.165, 1.54) is 23.6 Å². The lowest BCUT2D eigenvalue weighted by atomic mass is 9.96. The third-order valence-corrected chi connectivity index (χ3v) is 4.71. The minimum atomic E-state index is -0.138. The molecule has 2 aromatic carbocycles. The molecule has 2 heteroatoms. The second kappa shape index (κ2) is 5.98. The minimum absolute atomic E-state index is 0.138. The first-order chi connectivity index (χ1) is 10.2. The molecule has 1 aliphatic carbocycles. The summed E-state index contributed by atoms with van der Waals surface area (Å²) >= 11 is 0. The number of benzene rings is 2. The van der Waals surface area contributed by atoms with Crippen LogP contribution in [0.1, 0.15) is 29.0 Å². The predicted molar refractivity (Wildman–Crippen MR) is 85.0 cm³/mol. The van der Waals surface area contributed by atoms with E-state index in [-0.39, 0.29) is 5.82 Å². The molecule has 0 amide bonds. The van der Waals surface area contributed by atoms with Gasteiger partial charge in [-0.3, -0.25) is 0 Å². The summed E-state index contributed by atoms with van der Waals surface area (Å²) in [6.07, 6.45) is 2.12. The average Bonchev–Trinajstić information content (AvgIpc) is 3.29. The first-order valence-corrected chi connectivity index (χ1v) is 7.66. The Bertz CT molecular complexity index is 608. The molecule has 1 N–H and O–H groups in total. The summed E-state index contributed by atoms with van der Waals surface area (Å²) in [5.41, 5.74) is 3.72. The molecular weight excluding hydrogens is 261 g/mol. The molecule has 0 radical (unpaired) electrons. The molecule has 0 heterocycles. The Kier molecular flexibility index (Phi) is 4.07. The Balaban J connectivity index is 1.71. The summed E-state index contributed by atoms with van der Waals surface area (Å²) in [5.74, 6) is 1.17. The van der Waals surface area contributed by atoms with E-state index in [2.05, 4.69) is 42.6 Å². The number of hydrogen-bond acceptors (Lipinski definition) is 1. The van der Waals surface area contributed by atoms with Crippen molar-refractivity contribution in [1.82, 2.24) is 5.32 Å². The van der Waals surface area contributed by atoms with Crippen molar-refractivity contribution < 1.29 is 4.39 Å². The van der Waals surface area contributed by atoms with Crippen LogP contribution in [0.15, 0.2) is 48.5 Å². The summed E-state index contributed by atoms with van der Waals surface area (Å²) in [6.45, 7) is 2.06. The van der Waals surface area contributed by atoms with Gasteiger partial charge in [0.05, 0.1) is 0 Å². The fraction of sp³-hybridized carbons (Fsp3) is 0.368. The highest BCUT2D eigenvalue weighted by Crippen LogP contribution is 2.50. The van der Waals surface area contributed by atoms with Gasteiger partial charge in [-0.05, 0) is 67.5 Å². The summed E-state index contributed by atoms with van der Waals surface area (Å²) in [6, 6.07) is 16.2. The maximum absolute atomic E-state index is 13.4. The van der Waals surface area contributed by atoms with Crippen molar-refractivity contribution in [2.24, 2.45) is 5.92 Å². The molecular formula is C19H22FN. The second-order valence-electron chi connectivity index (χ2n) is 6.09. The van der Waals surface area contributed by atoms with Gasteiger partial charge in [-0.2, -0.15) is 0 Å². The van der Waals surface area contributed by atoms with Crippen LogP contribution in [0, 0.1) is 18.7 Å². The normalized spacial score (nSPS) is 22.0. The van der Waals surface area contributed by atoms with E-state index in [1.807, 2.05) is 13.1 Å². The Morgan fingerprint density at radius 3 is 2.67 bits per heavy atom. The summed E-state index contributed by atoms with van der Waals surface area (Å²) < 4.78 is 13.4. The molecule has 3 atom stereocenters. The van der Waals surface area contributed by atoms with Crippen molar-refractivity contribution in [3.8, 4) is 0 Å². The Hall–Kier alpha value is -1.67. The zero-order valence-corrected chi connectivity index (χ0v) is 12.6. The van der Waals surface area contributed by atoms with Gasteiger partial charge in [0.15, 0.2) is 0 Å². The van der Waals surface area contributed by atoms with Crippen LogP contribution in [0.25, 0.3) is 0 Å². The molecule has 0 spiro atoms. The van der Waals surface area contributed by atoms with E-state index >= 15 is 0 Å². The van der Waals surface area contributed by atoms with Crippen molar-refractivity contribution in [2.45, 2.75) is 31.7 Å². The lowest BCUT2D eigenvalue weighted by Crippen LogP contribution is -2.30. The lowest BCUT2D eigenvalue weighted by Gasteiger charge is -2.18. The average molecular weight is 283 g/mol. The lowest BCUT2D eigenvalue weighted by molar-refractivity contribution is 0.489.